The van der Waals surface area contributed by atoms with Crippen LogP contribution in [-0.2, 0) is 11.4 Å². The Morgan fingerprint density at radius 3 is 2.58 bits per heavy atom. The summed E-state index contributed by atoms with van der Waals surface area (Å²) in [4.78, 5) is 23.1. The van der Waals surface area contributed by atoms with E-state index in [4.69, 9.17) is 32.7 Å². The molecule has 3 aromatic rings. The molecule has 0 bridgehead atoms. The lowest BCUT2D eigenvalue weighted by atomic mass is 10.1. The Morgan fingerprint density at radius 2 is 1.92 bits per heavy atom. The Labute approximate surface area is 230 Å². The van der Waals surface area contributed by atoms with E-state index >= 15 is 0 Å². The first-order chi connectivity index (χ1) is 17.2. The Morgan fingerprint density at radius 1 is 1.17 bits per heavy atom. The van der Waals surface area contributed by atoms with Gasteiger partial charge in [0.25, 0.3) is 11.6 Å². The van der Waals surface area contributed by atoms with Gasteiger partial charge in [0.05, 0.1) is 25.8 Å². The molecule has 11 heteroatoms. The third-order valence-electron chi connectivity index (χ3n) is 4.75. The number of carbonyl (C=O) groups excluding carboxylic acids is 1. The molecule has 3 aromatic carbocycles. The highest BCUT2D eigenvalue weighted by Crippen LogP contribution is 2.36. The first-order valence-electron chi connectivity index (χ1n) is 10.4. The van der Waals surface area contributed by atoms with Gasteiger partial charge in [0.2, 0.25) is 0 Å². The summed E-state index contributed by atoms with van der Waals surface area (Å²) in [6, 6.07) is 16.2. The van der Waals surface area contributed by atoms with Crippen LogP contribution in [0.4, 0.5) is 11.4 Å². The molecule has 0 radical (unpaired) electrons. The Kier molecular flexibility index (Phi) is 9.52. The lowest BCUT2D eigenvalue weighted by Gasteiger charge is -2.15. The van der Waals surface area contributed by atoms with Gasteiger partial charge in [-0.2, -0.15) is 5.26 Å². The zero-order valence-electron chi connectivity index (χ0n) is 18.8. The van der Waals surface area contributed by atoms with Crippen molar-refractivity contribution in [2.75, 3.05) is 11.9 Å². The van der Waals surface area contributed by atoms with E-state index in [9.17, 15) is 20.2 Å². The van der Waals surface area contributed by atoms with Crippen LogP contribution in [0.5, 0.6) is 11.5 Å². The number of ether oxygens (including phenoxy) is 2. The van der Waals surface area contributed by atoms with Gasteiger partial charge in [-0.05, 0) is 65.4 Å². The minimum Gasteiger partial charge on any atom is -0.490 e. The lowest BCUT2D eigenvalue weighted by molar-refractivity contribution is -0.384. The van der Waals surface area contributed by atoms with E-state index in [1.807, 2.05) is 31.2 Å². The zero-order valence-corrected chi connectivity index (χ0v) is 22.4. The number of rotatable bonds is 9. The van der Waals surface area contributed by atoms with Gasteiger partial charge in [-0.1, -0.05) is 41.4 Å². The summed E-state index contributed by atoms with van der Waals surface area (Å²) in [7, 11) is 0. The van der Waals surface area contributed by atoms with Crippen LogP contribution >= 0.6 is 45.8 Å². The highest BCUT2D eigenvalue weighted by Gasteiger charge is 2.17. The molecule has 0 saturated carbocycles. The van der Waals surface area contributed by atoms with Crippen molar-refractivity contribution < 1.29 is 19.2 Å². The second-order valence-electron chi connectivity index (χ2n) is 7.19. The molecule has 8 nitrogen and oxygen atoms in total. The van der Waals surface area contributed by atoms with Crippen molar-refractivity contribution in [3.05, 3.63) is 95.0 Å². The minimum absolute atomic E-state index is 0.0184. The maximum atomic E-state index is 12.7. The summed E-state index contributed by atoms with van der Waals surface area (Å²) in [6.45, 7) is 2.41. The number of hydrogen-bond acceptors (Lipinski definition) is 6. The molecule has 1 N–H and O–H groups in total. The Bertz CT molecular complexity index is 1390. The van der Waals surface area contributed by atoms with E-state index in [1.54, 1.807) is 18.2 Å². The molecule has 0 atom stereocenters. The molecule has 0 saturated heterocycles. The summed E-state index contributed by atoms with van der Waals surface area (Å²) in [6.07, 6.45) is 1.38. The number of amides is 1. The molecule has 184 valence electrons. The molecular weight excluding hydrogens is 620 g/mol. The molecule has 0 aliphatic heterocycles. The van der Waals surface area contributed by atoms with Gasteiger partial charge in [0.15, 0.2) is 11.5 Å². The normalized spacial score (nSPS) is 10.9. The SMILES string of the molecule is CCOc1cc(/C=C(\C#N)C(=O)Nc2cc([N+](=O)[O-])ccc2Cl)cc(I)c1OCc1ccccc1Cl. The average molecular weight is 638 g/mol. The van der Waals surface area contributed by atoms with E-state index in [0.717, 1.165) is 11.6 Å². The summed E-state index contributed by atoms with van der Waals surface area (Å²) in [5.74, 6) is 0.162. The average Bonchev–Trinajstić information content (AvgIpc) is 2.84. The van der Waals surface area contributed by atoms with Gasteiger partial charge in [0, 0.05) is 22.7 Å². The first kappa shape index (κ1) is 27.3. The van der Waals surface area contributed by atoms with Crippen molar-refractivity contribution in [2.24, 2.45) is 0 Å². The number of benzene rings is 3. The van der Waals surface area contributed by atoms with Crippen molar-refractivity contribution in [2.45, 2.75) is 13.5 Å². The number of nitrogens with one attached hydrogen (secondary N) is 1. The number of carbonyl (C=O) groups is 1. The fourth-order valence-electron chi connectivity index (χ4n) is 3.07. The van der Waals surface area contributed by atoms with Crippen LogP contribution in [0.3, 0.4) is 0 Å². The van der Waals surface area contributed by atoms with E-state index in [1.165, 1.54) is 18.2 Å². The summed E-state index contributed by atoms with van der Waals surface area (Å²) in [5.41, 5.74) is 0.861. The van der Waals surface area contributed by atoms with Crippen molar-refractivity contribution in [3.63, 3.8) is 0 Å². The van der Waals surface area contributed by atoms with Crippen LogP contribution in [0.15, 0.2) is 60.2 Å². The van der Waals surface area contributed by atoms with Gasteiger partial charge in [-0.3, -0.25) is 14.9 Å². The van der Waals surface area contributed by atoms with Gasteiger partial charge >= 0.3 is 0 Å². The second-order valence-corrected chi connectivity index (χ2v) is 9.16. The maximum absolute atomic E-state index is 12.7. The molecule has 0 unspecified atom stereocenters. The van der Waals surface area contributed by atoms with Gasteiger partial charge in [0.1, 0.15) is 18.2 Å². The number of hydrogen-bond donors (Lipinski definition) is 1. The van der Waals surface area contributed by atoms with Crippen LogP contribution in [0, 0.1) is 25.0 Å². The number of halogens is 3. The molecule has 0 fully saturated rings. The maximum Gasteiger partial charge on any atom is 0.271 e. The first-order valence-corrected chi connectivity index (χ1v) is 12.3. The largest absolute Gasteiger partial charge is 0.490 e. The highest BCUT2D eigenvalue weighted by atomic mass is 127. The summed E-state index contributed by atoms with van der Waals surface area (Å²) < 4.78 is 12.4. The van der Waals surface area contributed by atoms with Crippen molar-refractivity contribution in [3.8, 4) is 17.6 Å². The monoisotopic (exact) mass is 637 g/mol. The number of nitro groups is 1. The fourth-order valence-corrected chi connectivity index (χ4v) is 4.20. The third kappa shape index (κ3) is 6.87. The van der Waals surface area contributed by atoms with Crippen LogP contribution in [0.25, 0.3) is 6.08 Å². The molecule has 1 amide bonds. The zero-order chi connectivity index (χ0) is 26.2. The summed E-state index contributed by atoms with van der Waals surface area (Å²) in [5, 5.41) is 23.7. The Balaban J connectivity index is 1.88. The predicted molar refractivity (Wildman–Crippen MR) is 146 cm³/mol. The number of anilines is 1. The van der Waals surface area contributed by atoms with E-state index in [0.29, 0.717) is 32.3 Å². The van der Waals surface area contributed by atoms with Gasteiger partial charge < -0.3 is 14.8 Å². The second kappa shape index (κ2) is 12.6. The molecular formula is C25H18Cl2IN3O5. The molecule has 3 rings (SSSR count). The van der Waals surface area contributed by atoms with Gasteiger partial charge in [-0.15, -0.1) is 0 Å². The smallest absolute Gasteiger partial charge is 0.271 e. The van der Waals surface area contributed by atoms with Crippen LogP contribution in [-0.4, -0.2) is 17.4 Å². The molecule has 0 aliphatic carbocycles. The van der Waals surface area contributed by atoms with Crippen molar-refractivity contribution in [1.82, 2.24) is 0 Å². The topological polar surface area (TPSA) is 114 Å². The molecule has 0 heterocycles. The number of nitro benzene ring substituents is 1. The van der Waals surface area contributed by atoms with Crippen molar-refractivity contribution >= 4 is 69.2 Å². The molecule has 36 heavy (non-hydrogen) atoms. The third-order valence-corrected chi connectivity index (χ3v) is 6.25. The quantitative estimate of drug-likeness (QED) is 0.0886. The van der Waals surface area contributed by atoms with E-state index in [-0.39, 0.29) is 28.6 Å². The molecule has 0 spiro atoms. The standard InChI is InChI=1S/C25H18Cl2IN3O5/c1-2-35-23-11-15(10-21(28)24(23)36-14-16-5-3-4-6-19(16)26)9-17(13-29)25(32)30-22-12-18(31(33)34)7-8-20(22)27/h3-12H,2,14H2,1H3,(H,30,32)/b17-9+. The van der Waals surface area contributed by atoms with Crippen LogP contribution in [0.1, 0.15) is 18.1 Å². The van der Waals surface area contributed by atoms with Gasteiger partial charge in [-0.25, -0.2) is 0 Å². The number of nitriles is 1. The fraction of sp³-hybridized carbons (Fsp3) is 0.120. The number of non-ortho nitro benzene ring substituents is 1. The van der Waals surface area contributed by atoms with E-state index < -0.39 is 10.8 Å². The minimum atomic E-state index is -0.771. The van der Waals surface area contributed by atoms with Crippen LogP contribution in [0.2, 0.25) is 10.0 Å². The van der Waals surface area contributed by atoms with Crippen molar-refractivity contribution in [1.29, 1.82) is 5.26 Å². The molecule has 0 aliphatic rings. The summed E-state index contributed by atoms with van der Waals surface area (Å²) >= 11 is 14.4. The van der Waals surface area contributed by atoms with Crippen LogP contribution < -0.4 is 14.8 Å². The number of nitrogens with zero attached hydrogens (tertiary/aromatic N) is 2. The Hall–Kier alpha value is -3.33. The molecule has 0 aromatic heterocycles. The lowest BCUT2D eigenvalue weighted by Crippen LogP contribution is -2.14. The predicted octanol–water partition coefficient (Wildman–Crippen LogP) is 7.03. The van der Waals surface area contributed by atoms with E-state index in [2.05, 4.69) is 27.9 Å². The highest BCUT2D eigenvalue weighted by molar-refractivity contribution is 14.1.